The van der Waals surface area contributed by atoms with Gasteiger partial charge in [0, 0.05) is 16.2 Å². The van der Waals surface area contributed by atoms with Crippen LogP contribution >= 0.6 is 27.5 Å². The van der Waals surface area contributed by atoms with Gasteiger partial charge in [-0.3, -0.25) is 0 Å². The van der Waals surface area contributed by atoms with Crippen LogP contribution in [0.5, 0.6) is 0 Å². The van der Waals surface area contributed by atoms with Crippen molar-refractivity contribution in [2.75, 3.05) is 11.1 Å². The van der Waals surface area contributed by atoms with Crippen molar-refractivity contribution in [2.24, 2.45) is 0 Å². The maximum Gasteiger partial charge on any atom is 0.337 e. The summed E-state index contributed by atoms with van der Waals surface area (Å²) < 4.78 is 0.954. The first-order valence-corrected chi connectivity index (χ1v) is 7.40. The molecule has 21 heavy (non-hydrogen) atoms. The Bertz CT molecular complexity index is 691. The molecule has 4 nitrogen and oxygen atoms in total. The monoisotopic (exact) mass is 368 g/mol. The van der Waals surface area contributed by atoms with Crippen molar-refractivity contribution < 1.29 is 9.90 Å². The number of hydrogen-bond donors (Lipinski definition) is 3. The Morgan fingerprint density at radius 3 is 2.71 bits per heavy atom. The highest BCUT2D eigenvalue weighted by Gasteiger charge is 2.17. The molecule has 0 saturated heterocycles. The third-order valence-corrected chi connectivity index (χ3v) is 3.84. The van der Waals surface area contributed by atoms with Gasteiger partial charge in [-0.1, -0.05) is 39.7 Å². The molecule has 2 aromatic rings. The Balaban J connectivity index is 2.37. The number of halogens is 2. The highest BCUT2D eigenvalue weighted by Crippen LogP contribution is 2.32. The van der Waals surface area contributed by atoms with E-state index in [1.165, 1.54) is 12.1 Å². The van der Waals surface area contributed by atoms with Crippen molar-refractivity contribution in [3.05, 3.63) is 57.0 Å². The fraction of sp³-hybridized carbons (Fsp3) is 0.133. The van der Waals surface area contributed by atoms with Gasteiger partial charge >= 0.3 is 5.97 Å². The second kappa shape index (κ2) is 6.37. The molecule has 1 atom stereocenters. The second-order valence-electron chi connectivity index (χ2n) is 4.65. The Labute approximate surface area is 136 Å². The molecular formula is C15H14BrClN2O2. The number of nitrogen functional groups attached to an aromatic ring is 1. The summed E-state index contributed by atoms with van der Waals surface area (Å²) >= 11 is 9.54. The molecule has 0 bridgehead atoms. The lowest BCUT2D eigenvalue weighted by atomic mass is 10.1. The predicted molar refractivity (Wildman–Crippen MR) is 89.0 cm³/mol. The van der Waals surface area contributed by atoms with Gasteiger partial charge in [-0.2, -0.15) is 0 Å². The lowest BCUT2D eigenvalue weighted by Crippen LogP contribution is -2.12. The molecule has 0 aliphatic carbocycles. The molecule has 0 aliphatic heterocycles. The summed E-state index contributed by atoms with van der Waals surface area (Å²) in [6, 6.07) is 10.6. The van der Waals surface area contributed by atoms with Gasteiger partial charge < -0.3 is 16.2 Å². The molecule has 0 aromatic heterocycles. The summed E-state index contributed by atoms with van der Waals surface area (Å²) in [5.41, 5.74) is 7.40. The molecule has 1 unspecified atom stereocenters. The quantitative estimate of drug-likeness (QED) is 0.691. The van der Waals surface area contributed by atoms with Gasteiger partial charge in [0.15, 0.2) is 0 Å². The minimum Gasteiger partial charge on any atom is -0.478 e. The van der Waals surface area contributed by atoms with Gasteiger partial charge in [0.25, 0.3) is 0 Å². The van der Waals surface area contributed by atoms with Crippen LogP contribution < -0.4 is 11.1 Å². The van der Waals surface area contributed by atoms with Crippen LogP contribution in [-0.2, 0) is 0 Å². The van der Waals surface area contributed by atoms with Gasteiger partial charge in [-0.05, 0) is 36.8 Å². The van der Waals surface area contributed by atoms with E-state index in [0.29, 0.717) is 11.4 Å². The number of carboxylic acid groups (broad SMARTS) is 1. The van der Waals surface area contributed by atoms with Crippen LogP contribution in [0.25, 0.3) is 0 Å². The first kappa shape index (κ1) is 15.7. The van der Waals surface area contributed by atoms with Crippen LogP contribution in [0.2, 0.25) is 5.02 Å². The van der Waals surface area contributed by atoms with E-state index in [4.69, 9.17) is 17.3 Å². The van der Waals surface area contributed by atoms with E-state index in [1.54, 1.807) is 0 Å². The minimum absolute atomic E-state index is 0.0573. The largest absolute Gasteiger partial charge is 0.478 e. The molecule has 6 heteroatoms. The van der Waals surface area contributed by atoms with E-state index in [-0.39, 0.29) is 16.6 Å². The normalized spacial score (nSPS) is 12.0. The standard InChI is InChI=1S/C15H14BrClN2O2/c1-8(9-3-2-4-10(16)5-9)19-14-12(15(20)21)6-11(18)7-13(14)17/h2-8,19H,18H2,1H3,(H,20,21). The average molecular weight is 370 g/mol. The fourth-order valence-electron chi connectivity index (χ4n) is 2.02. The number of aromatic carboxylic acids is 1. The Morgan fingerprint density at radius 2 is 2.10 bits per heavy atom. The Hall–Kier alpha value is -1.72. The minimum atomic E-state index is -1.08. The summed E-state index contributed by atoms with van der Waals surface area (Å²) in [7, 11) is 0. The zero-order valence-electron chi connectivity index (χ0n) is 11.2. The molecule has 0 saturated carbocycles. The van der Waals surface area contributed by atoms with Crippen molar-refractivity contribution in [1.29, 1.82) is 0 Å². The van der Waals surface area contributed by atoms with Crippen molar-refractivity contribution >= 4 is 44.9 Å². The van der Waals surface area contributed by atoms with E-state index >= 15 is 0 Å². The summed E-state index contributed by atoms with van der Waals surface area (Å²) in [5, 5.41) is 12.7. The van der Waals surface area contributed by atoms with Crippen molar-refractivity contribution in [3.63, 3.8) is 0 Å². The van der Waals surface area contributed by atoms with Crippen LogP contribution in [-0.4, -0.2) is 11.1 Å². The first-order valence-electron chi connectivity index (χ1n) is 6.23. The number of rotatable bonds is 4. The summed E-state index contributed by atoms with van der Waals surface area (Å²) in [4.78, 5) is 11.3. The smallest absolute Gasteiger partial charge is 0.337 e. The number of hydrogen-bond acceptors (Lipinski definition) is 3. The van der Waals surface area contributed by atoms with Crippen LogP contribution in [0.4, 0.5) is 11.4 Å². The number of benzene rings is 2. The lowest BCUT2D eigenvalue weighted by molar-refractivity contribution is 0.0698. The van der Waals surface area contributed by atoms with E-state index in [0.717, 1.165) is 10.0 Å². The number of nitrogens with one attached hydrogen (secondary N) is 1. The van der Waals surface area contributed by atoms with E-state index in [9.17, 15) is 9.90 Å². The maximum absolute atomic E-state index is 11.3. The summed E-state index contributed by atoms with van der Waals surface area (Å²) in [6.45, 7) is 1.93. The fourth-order valence-corrected chi connectivity index (χ4v) is 2.72. The van der Waals surface area contributed by atoms with Gasteiger partial charge in [0.05, 0.1) is 16.3 Å². The molecule has 2 rings (SSSR count). The summed E-state index contributed by atoms with van der Waals surface area (Å²) in [6.07, 6.45) is 0. The van der Waals surface area contributed by atoms with Gasteiger partial charge in [-0.25, -0.2) is 4.79 Å². The first-order chi connectivity index (χ1) is 9.88. The SMILES string of the molecule is CC(Nc1c(Cl)cc(N)cc1C(=O)O)c1cccc(Br)c1. The zero-order valence-corrected chi connectivity index (χ0v) is 13.6. The molecule has 0 spiro atoms. The molecule has 0 radical (unpaired) electrons. The topological polar surface area (TPSA) is 75.3 Å². The third kappa shape index (κ3) is 3.68. The van der Waals surface area contributed by atoms with Crippen LogP contribution in [0.3, 0.4) is 0 Å². The molecule has 4 N–H and O–H groups in total. The van der Waals surface area contributed by atoms with Crippen molar-refractivity contribution in [1.82, 2.24) is 0 Å². The van der Waals surface area contributed by atoms with E-state index in [2.05, 4.69) is 21.2 Å². The van der Waals surface area contributed by atoms with E-state index < -0.39 is 5.97 Å². The van der Waals surface area contributed by atoms with Crippen molar-refractivity contribution in [3.8, 4) is 0 Å². The molecule has 0 amide bonds. The molecular weight excluding hydrogens is 356 g/mol. The zero-order chi connectivity index (χ0) is 15.6. The molecule has 0 fully saturated rings. The highest BCUT2D eigenvalue weighted by molar-refractivity contribution is 9.10. The number of carboxylic acids is 1. The van der Waals surface area contributed by atoms with Crippen LogP contribution in [0, 0.1) is 0 Å². The van der Waals surface area contributed by atoms with Crippen LogP contribution in [0.1, 0.15) is 28.9 Å². The molecule has 0 heterocycles. The average Bonchev–Trinajstić information content (AvgIpc) is 2.41. The lowest BCUT2D eigenvalue weighted by Gasteiger charge is -2.19. The second-order valence-corrected chi connectivity index (χ2v) is 5.97. The molecule has 0 aliphatic rings. The molecule has 110 valence electrons. The third-order valence-electron chi connectivity index (χ3n) is 3.05. The number of nitrogens with two attached hydrogens (primary N) is 1. The van der Waals surface area contributed by atoms with Gasteiger partial charge in [0.1, 0.15) is 0 Å². The van der Waals surface area contributed by atoms with Gasteiger partial charge in [0.2, 0.25) is 0 Å². The van der Waals surface area contributed by atoms with Crippen LogP contribution in [0.15, 0.2) is 40.9 Å². The Morgan fingerprint density at radius 1 is 1.38 bits per heavy atom. The predicted octanol–water partition coefficient (Wildman–Crippen LogP) is 4.56. The number of carbonyl (C=O) groups is 1. The van der Waals surface area contributed by atoms with Gasteiger partial charge in [-0.15, -0.1) is 0 Å². The number of anilines is 2. The Kier molecular flexibility index (Phi) is 4.75. The molecule has 2 aromatic carbocycles. The maximum atomic E-state index is 11.3. The van der Waals surface area contributed by atoms with Crippen molar-refractivity contribution in [2.45, 2.75) is 13.0 Å². The van der Waals surface area contributed by atoms with E-state index in [1.807, 2.05) is 31.2 Å². The summed E-state index contributed by atoms with van der Waals surface area (Å²) in [5.74, 6) is -1.08. The highest BCUT2D eigenvalue weighted by atomic mass is 79.9.